The summed E-state index contributed by atoms with van der Waals surface area (Å²) in [7, 11) is 0. The summed E-state index contributed by atoms with van der Waals surface area (Å²) >= 11 is 0. The Bertz CT molecular complexity index is 1080. The Labute approximate surface area is 168 Å². The molecule has 0 bridgehead atoms. The maximum atomic E-state index is 12.3. The number of benzene rings is 1. The lowest BCUT2D eigenvalue weighted by Crippen LogP contribution is -2.33. The second-order valence-electron chi connectivity index (χ2n) is 7.20. The second kappa shape index (κ2) is 7.90. The summed E-state index contributed by atoms with van der Waals surface area (Å²) in [5, 5.41) is 5.81. The van der Waals surface area contributed by atoms with E-state index in [2.05, 4.69) is 25.6 Å². The summed E-state index contributed by atoms with van der Waals surface area (Å²) in [4.78, 5) is 35.4. The molecular formula is C21H23N5O3. The van der Waals surface area contributed by atoms with Crippen LogP contribution >= 0.6 is 0 Å². The van der Waals surface area contributed by atoms with Crippen LogP contribution in [-0.4, -0.2) is 39.4 Å². The van der Waals surface area contributed by atoms with Gasteiger partial charge in [-0.05, 0) is 42.5 Å². The van der Waals surface area contributed by atoms with Crippen molar-refractivity contribution < 1.29 is 14.3 Å². The number of aromatic nitrogens is 3. The van der Waals surface area contributed by atoms with Gasteiger partial charge in [-0.25, -0.2) is 9.97 Å². The predicted octanol–water partition coefficient (Wildman–Crippen LogP) is 2.49. The summed E-state index contributed by atoms with van der Waals surface area (Å²) in [6.45, 7) is 4.13. The lowest BCUT2D eigenvalue weighted by Gasteiger charge is -2.08. The van der Waals surface area contributed by atoms with Gasteiger partial charge in [0.2, 0.25) is 11.8 Å². The van der Waals surface area contributed by atoms with E-state index in [1.807, 2.05) is 25.1 Å². The highest BCUT2D eigenvalue weighted by Gasteiger charge is 2.22. The smallest absolute Gasteiger partial charge is 0.255 e. The van der Waals surface area contributed by atoms with Gasteiger partial charge in [0, 0.05) is 25.7 Å². The molecule has 29 heavy (non-hydrogen) atoms. The van der Waals surface area contributed by atoms with Crippen molar-refractivity contribution in [2.75, 3.05) is 6.54 Å². The molecule has 1 aliphatic carbocycles. The van der Waals surface area contributed by atoms with E-state index in [1.165, 1.54) is 18.7 Å². The number of hydrogen-bond acceptors (Lipinski definition) is 5. The molecule has 0 aliphatic heterocycles. The van der Waals surface area contributed by atoms with Crippen LogP contribution in [0.25, 0.3) is 11.2 Å². The molecule has 3 aromatic rings. The normalized spacial score (nSPS) is 15.2. The summed E-state index contributed by atoms with van der Waals surface area (Å²) < 4.78 is 5.91. The maximum Gasteiger partial charge on any atom is 0.255 e. The molecule has 1 aromatic carbocycles. The van der Waals surface area contributed by atoms with Crippen LogP contribution in [0.4, 0.5) is 0 Å². The fourth-order valence-electron chi connectivity index (χ4n) is 3.60. The topological polar surface area (TPSA) is 109 Å². The third-order valence-electron chi connectivity index (χ3n) is 4.88. The number of rotatable bonds is 6. The zero-order chi connectivity index (χ0) is 20.4. The van der Waals surface area contributed by atoms with E-state index >= 15 is 0 Å². The molecule has 0 spiro atoms. The van der Waals surface area contributed by atoms with Crippen LogP contribution in [0.5, 0.6) is 11.6 Å². The van der Waals surface area contributed by atoms with Crippen LogP contribution < -0.4 is 15.4 Å². The average Bonchev–Trinajstić information content (AvgIpc) is 3.28. The van der Waals surface area contributed by atoms with Crippen LogP contribution in [0.1, 0.15) is 41.8 Å². The van der Waals surface area contributed by atoms with Gasteiger partial charge >= 0.3 is 0 Å². The molecule has 2 aromatic heterocycles. The minimum Gasteiger partial charge on any atom is -0.437 e. The fourth-order valence-corrected chi connectivity index (χ4v) is 3.60. The first-order chi connectivity index (χ1) is 14.0. The minimum absolute atomic E-state index is 0.0202. The van der Waals surface area contributed by atoms with E-state index in [4.69, 9.17) is 4.74 Å². The van der Waals surface area contributed by atoms with E-state index in [0.717, 1.165) is 24.8 Å². The van der Waals surface area contributed by atoms with Crippen molar-refractivity contribution in [2.45, 2.75) is 39.2 Å². The molecule has 2 heterocycles. The van der Waals surface area contributed by atoms with E-state index < -0.39 is 0 Å². The van der Waals surface area contributed by atoms with Crippen molar-refractivity contribution in [3.8, 4) is 11.6 Å². The van der Waals surface area contributed by atoms with Gasteiger partial charge in [-0.1, -0.05) is 13.0 Å². The Hall–Kier alpha value is -3.42. The fraction of sp³-hybridized carbons (Fsp3) is 0.333. The van der Waals surface area contributed by atoms with Gasteiger partial charge in [0.05, 0.1) is 11.8 Å². The maximum absolute atomic E-state index is 12.3. The van der Waals surface area contributed by atoms with Crippen LogP contribution in [-0.2, 0) is 17.6 Å². The Balaban J connectivity index is 1.53. The Morgan fingerprint density at radius 3 is 2.90 bits per heavy atom. The molecule has 4 rings (SSSR count). The first kappa shape index (κ1) is 18.9. The summed E-state index contributed by atoms with van der Waals surface area (Å²) in [6.07, 6.45) is 5.59. The molecule has 0 fully saturated rings. The Morgan fingerprint density at radius 2 is 2.10 bits per heavy atom. The number of hydrogen-bond donors (Lipinski definition) is 3. The van der Waals surface area contributed by atoms with Gasteiger partial charge in [-0.3, -0.25) is 9.59 Å². The number of H-pyrrole nitrogens is 1. The molecule has 1 aliphatic rings. The molecule has 0 saturated carbocycles. The summed E-state index contributed by atoms with van der Waals surface area (Å²) in [5.41, 5.74) is 3.81. The number of carbonyl (C=O) groups excluding carboxylic acids is 2. The van der Waals surface area contributed by atoms with Crippen LogP contribution in [0, 0.1) is 0 Å². The van der Waals surface area contributed by atoms with Crippen molar-refractivity contribution in [1.82, 2.24) is 25.6 Å². The zero-order valence-corrected chi connectivity index (χ0v) is 16.4. The molecule has 1 atom stereocenters. The molecule has 3 N–H and O–H groups in total. The molecule has 2 amide bonds. The summed E-state index contributed by atoms with van der Waals surface area (Å²) in [6, 6.07) is 5.98. The average molecular weight is 393 g/mol. The van der Waals surface area contributed by atoms with Crippen LogP contribution in [0.3, 0.4) is 0 Å². The number of ether oxygens (including phenoxy) is 1. The van der Waals surface area contributed by atoms with E-state index in [9.17, 15) is 9.59 Å². The lowest BCUT2D eigenvalue weighted by molar-refractivity contribution is -0.119. The number of amides is 2. The van der Waals surface area contributed by atoms with E-state index in [0.29, 0.717) is 34.9 Å². The monoisotopic (exact) mass is 393 g/mol. The number of nitrogens with one attached hydrogen (secondary N) is 3. The van der Waals surface area contributed by atoms with Crippen molar-refractivity contribution in [3.05, 3.63) is 47.3 Å². The third kappa shape index (κ3) is 4.06. The molecule has 8 nitrogen and oxygen atoms in total. The van der Waals surface area contributed by atoms with E-state index in [-0.39, 0.29) is 17.9 Å². The molecule has 0 saturated heterocycles. The van der Waals surface area contributed by atoms with Gasteiger partial charge in [0.25, 0.3) is 5.91 Å². The predicted molar refractivity (Wildman–Crippen MR) is 108 cm³/mol. The number of carbonyl (C=O) groups is 2. The van der Waals surface area contributed by atoms with Crippen molar-refractivity contribution in [3.63, 3.8) is 0 Å². The van der Waals surface area contributed by atoms with E-state index in [1.54, 1.807) is 6.20 Å². The standard InChI is InChI=1S/C21H23N5O3/c1-3-6-22-21(28)17-10-23-20-19(17)26-18(11-24-20)29-16-5-4-13-7-15(25-12(2)27)8-14(13)9-16/h4-5,9-11,15H,3,6-8H2,1-2H3,(H,22,28)(H,23,24)(H,25,27). The zero-order valence-electron chi connectivity index (χ0n) is 16.4. The first-order valence-corrected chi connectivity index (χ1v) is 9.72. The minimum atomic E-state index is -0.189. The number of fused-ring (bicyclic) bond motifs is 2. The van der Waals surface area contributed by atoms with Crippen molar-refractivity contribution >= 4 is 23.0 Å². The SMILES string of the molecule is CCCNC(=O)c1c[nH]c2ncc(Oc3ccc4c(c3)CC(NC(C)=O)C4)nc12. The highest BCUT2D eigenvalue weighted by Crippen LogP contribution is 2.29. The van der Waals surface area contributed by atoms with Crippen molar-refractivity contribution in [1.29, 1.82) is 0 Å². The first-order valence-electron chi connectivity index (χ1n) is 9.72. The van der Waals surface area contributed by atoms with Gasteiger partial charge < -0.3 is 20.4 Å². The molecule has 150 valence electrons. The quantitative estimate of drug-likeness (QED) is 0.596. The van der Waals surface area contributed by atoms with Crippen LogP contribution in [0.2, 0.25) is 0 Å². The summed E-state index contributed by atoms with van der Waals surface area (Å²) in [5.74, 6) is 0.755. The Morgan fingerprint density at radius 1 is 1.28 bits per heavy atom. The second-order valence-corrected chi connectivity index (χ2v) is 7.20. The molecular weight excluding hydrogens is 370 g/mol. The Kier molecular flexibility index (Phi) is 5.16. The molecule has 1 unspecified atom stereocenters. The number of nitrogens with zero attached hydrogens (tertiary/aromatic N) is 2. The van der Waals surface area contributed by atoms with Crippen LogP contribution in [0.15, 0.2) is 30.6 Å². The highest BCUT2D eigenvalue weighted by atomic mass is 16.5. The van der Waals surface area contributed by atoms with Gasteiger partial charge in [-0.15, -0.1) is 0 Å². The largest absolute Gasteiger partial charge is 0.437 e. The number of aromatic amines is 1. The van der Waals surface area contributed by atoms with Gasteiger partial charge in [0.1, 0.15) is 11.3 Å². The molecule has 8 heteroatoms. The lowest BCUT2D eigenvalue weighted by atomic mass is 10.1. The van der Waals surface area contributed by atoms with Gasteiger partial charge in [0.15, 0.2) is 5.65 Å². The third-order valence-corrected chi connectivity index (χ3v) is 4.88. The highest BCUT2D eigenvalue weighted by molar-refractivity contribution is 6.04. The van der Waals surface area contributed by atoms with Crippen molar-refractivity contribution in [2.24, 2.45) is 0 Å². The van der Waals surface area contributed by atoms with Gasteiger partial charge in [-0.2, -0.15) is 0 Å². The molecule has 0 radical (unpaired) electrons.